The van der Waals surface area contributed by atoms with Crippen molar-refractivity contribution >= 4 is 11.0 Å². The molecule has 0 aliphatic rings. The van der Waals surface area contributed by atoms with Gasteiger partial charge in [-0.05, 0) is 19.1 Å². The summed E-state index contributed by atoms with van der Waals surface area (Å²) in [4.78, 5) is 0. The zero-order valence-corrected chi connectivity index (χ0v) is 8.73. The summed E-state index contributed by atoms with van der Waals surface area (Å²) in [6, 6.07) is 9.94. The molecule has 0 aliphatic carbocycles. The molecule has 0 aliphatic heterocycles. The molecule has 2 aromatic rings. The van der Waals surface area contributed by atoms with Crippen molar-refractivity contribution in [3.05, 3.63) is 36.1 Å². The van der Waals surface area contributed by atoms with Crippen LogP contribution in [-0.4, -0.2) is 17.8 Å². The quantitative estimate of drug-likeness (QED) is 0.801. The molecule has 0 bridgehead atoms. The Kier molecular flexibility index (Phi) is 3.04. The Morgan fingerprint density at radius 1 is 1.40 bits per heavy atom. The lowest BCUT2D eigenvalue weighted by Gasteiger charge is -2.03. The summed E-state index contributed by atoms with van der Waals surface area (Å²) in [5.41, 5.74) is 0.909. The molecule has 1 heterocycles. The molecule has 2 rings (SSSR count). The molecule has 3 nitrogen and oxygen atoms in total. The zero-order valence-electron chi connectivity index (χ0n) is 8.73. The van der Waals surface area contributed by atoms with Gasteiger partial charge in [-0.1, -0.05) is 18.2 Å². The summed E-state index contributed by atoms with van der Waals surface area (Å²) in [5.74, 6) is 0.900. The van der Waals surface area contributed by atoms with E-state index in [0.29, 0.717) is 13.1 Å². The second-order valence-electron chi connectivity index (χ2n) is 3.73. The maximum Gasteiger partial charge on any atom is 0.134 e. The largest absolute Gasteiger partial charge is 0.460 e. The standard InChI is InChI=1S/C12H15NO2/c1-9(14)7-13-8-11-6-10-4-2-3-5-12(10)15-11/h2-6,9,13-14H,7-8H2,1H3. The van der Waals surface area contributed by atoms with Gasteiger partial charge in [-0.15, -0.1) is 0 Å². The third kappa shape index (κ3) is 2.58. The maximum atomic E-state index is 9.08. The minimum atomic E-state index is -0.325. The van der Waals surface area contributed by atoms with Gasteiger partial charge in [0.15, 0.2) is 0 Å². The summed E-state index contributed by atoms with van der Waals surface area (Å²) >= 11 is 0. The molecule has 1 aromatic heterocycles. The lowest BCUT2D eigenvalue weighted by Crippen LogP contribution is -2.23. The fourth-order valence-corrected chi connectivity index (χ4v) is 1.53. The topological polar surface area (TPSA) is 45.4 Å². The highest BCUT2D eigenvalue weighted by Crippen LogP contribution is 2.18. The molecule has 0 saturated carbocycles. The molecular weight excluding hydrogens is 190 g/mol. The second-order valence-corrected chi connectivity index (χ2v) is 3.73. The normalized spacial score (nSPS) is 13.2. The third-order valence-corrected chi connectivity index (χ3v) is 2.22. The number of nitrogens with one attached hydrogen (secondary N) is 1. The molecule has 3 heteroatoms. The van der Waals surface area contributed by atoms with Gasteiger partial charge in [0.2, 0.25) is 0 Å². The third-order valence-electron chi connectivity index (χ3n) is 2.22. The van der Waals surface area contributed by atoms with Crippen LogP contribution in [0.25, 0.3) is 11.0 Å². The van der Waals surface area contributed by atoms with Gasteiger partial charge < -0.3 is 14.8 Å². The number of rotatable bonds is 4. The first-order valence-corrected chi connectivity index (χ1v) is 5.12. The van der Waals surface area contributed by atoms with Crippen LogP contribution in [0.4, 0.5) is 0 Å². The van der Waals surface area contributed by atoms with Crippen molar-refractivity contribution in [3.8, 4) is 0 Å². The van der Waals surface area contributed by atoms with E-state index in [4.69, 9.17) is 9.52 Å². The average Bonchev–Trinajstić information content (AvgIpc) is 2.59. The highest BCUT2D eigenvalue weighted by molar-refractivity contribution is 5.77. The molecule has 80 valence electrons. The molecule has 1 atom stereocenters. The molecule has 0 amide bonds. The first-order valence-electron chi connectivity index (χ1n) is 5.12. The van der Waals surface area contributed by atoms with E-state index < -0.39 is 0 Å². The molecule has 2 N–H and O–H groups in total. The van der Waals surface area contributed by atoms with Gasteiger partial charge in [0.1, 0.15) is 11.3 Å². The fraction of sp³-hybridized carbons (Fsp3) is 0.333. The monoisotopic (exact) mass is 205 g/mol. The number of furan rings is 1. The predicted octanol–water partition coefficient (Wildman–Crippen LogP) is 1.90. The minimum Gasteiger partial charge on any atom is -0.460 e. The summed E-state index contributed by atoms with van der Waals surface area (Å²) in [5, 5.41) is 13.3. The van der Waals surface area contributed by atoms with E-state index in [2.05, 4.69) is 5.32 Å². The van der Waals surface area contributed by atoms with Crippen molar-refractivity contribution < 1.29 is 9.52 Å². The Morgan fingerprint density at radius 3 is 2.93 bits per heavy atom. The SMILES string of the molecule is CC(O)CNCc1cc2ccccc2o1. The number of aliphatic hydroxyl groups excluding tert-OH is 1. The van der Waals surface area contributed by atoms with Crippen molar-refractivity contribution in [2.24, 2.45) is 0 Å². The Morgan fingerprint density at radius 2 is 2.20 bits per heavy atom. The highest BCUT2D eigenvalue weighted by atomic mass is 16.3. The van der Waals surface area contributed by atoms with Crippen LogP contribution in [0.5, 0.6) is 0 Å². The van der Waals surface area contributed by atoms with Crippen LogP contribution in [-0.2, 0) is 6.54 Å². The van der Waals surface area contributed by atoms with Crippen LogP contribution in [0.1, 0.15) is 12.7 Å². The molecule has 0 spiro atoms. The van der Waals surface area contributed by atoms with Crippen LogP contribution in [0.15, 0.2) is 34.7 Å². The van der Waals surface area contributed by atoms with Crippen LogP contribution < -0.4 is 5.32 Å². The minimum absolute atomic E-state index is 0.325. The van der Waals surface area contributed by atoms with E-state index in [1.807, 2.05) is 30.3 Å². The number of para-hydroxylation sites is 1. The predicted molar refractivity (Wildman–Crippen MR) is 59.6 cm³/mol. The molecule has 1 unspecified atom stereocenters. The highest BCUT2D eigenvalue weighted by Gasteiger charge is 2.02. The van der Waals surface area contributed by atoms with Gasteiger partial charge in [0.25, 0.3) is 0 Å². The molecule has 0 fully saturated rings. The van der Waals surface area contributed by atoms with Gasteiger partial charge in [-0.3, -0.25) is 0 Å². The summed E-state index contributed by atoms with van der Waals surface area (Å²) in [6.45, 7) is 2.99. The number of hydrogen-bond donors (Lipinski definition) is 2. The van der Waals surface area contributed by atoms with Crippen molar-refractivity contribution in [1.29, 1.82) is 0 Å². The van der Waals surface area contributed by atoms with Crippen molar-refractivity contribution in [2.75, 3.05) is 6.54 Å². The van der Waals surface area contributed by atoms with Crippen molar-refractivity contribution in [3.63, 3.8) is 0 Å². The van der Waals surface area contributed by atoms with Crippen LogP contribution in [0.2, 0.25) is 0 Å². The molecular formula is C12H15NO2. The number of hydrogen-bond acceptors (Lipinski definition) is 3. The molecule has 0 saturated heterocycles. The Labute approximate surface area is 88.7 Å². The van der Waals surface area contributed by atoms with E-state index in [0.717, 1.165) is 16.7 Å². The second kappa shape index (κ2) is 4.47. The average molecular weight is 205 g/mol. The van der Waals surface area contributed by atoms with Gasteiger partial charge in [0.05, 0.1) is 12.6 Å². The van der Waals surface area contributed by atoms with E-state index in [1.165, 1.54) is 0 Å². The number of benzene rings is 1. The smallest absolute Gasteiger partial charge is 0.134 e. The first kappa shape index (κ1) is 10.2. The van der Waals surface area contributed by atoms with Gasteiger partial charge >= 0.3 is 0 Å². The van der Waals surface area contributed by atoms with Gasteiger partial charge in [0, 0.05) is 11.9 Å². The van der Waals surface area contributed by atoms with E-state index >= 15 is 0 Å². The molecule has 1 aromatic carbocycles. The molecule has 0 radical (unpaired) electrons. The Bertz CT molecular complexity index is 401. The zero-order chi connectivity index (χ0) is 10.7. The van der Waals surface area contributed by atoms with Crippen molar-refractivity contribution in [1.82, 2.24) is 5.32 Å². The summed E-state index contributed by atoms with van der Waals surface area (Å²) in [7, 11) is 0. The lowest BCUT2D eigenvalue weighted by atomic mass is 10.2. The first-order chi connectivity index (χ1) is 7.25. The summed E-state index contributed by atoms with van der Waals surface area (Å²) < 4.78 is 5.61. The van der Waals surface area contributed by atoms with Gasteiger partial charge in [-0.25, -0.2) is 0 Å². The van der Waals surface area contributed by atoms with Crippen LogP contribution in [0, 0.1) is 0 Å². The van der Waals surface area contributed by atoms with Crippen LogP contribution in [0.3, 0.4) is 0 Å². The Balaban J connectivity index is 2.03. The van der Waals surface area contributed by atoms with E-state index in [-0.39, 0.29) is 6.10 Å². The van der Waals surface area contributed by atoms with E-state index in [9.17, 15) is 0 Å². The number of fused-ring (bicyclic) bond motifs is 1. The number of aliphatic hydroxyl groups is 1. The van der Waals surface area contributed by atoms with E-state index in [1.54, 1.807) is 6.92 Å². The molecule has 15 heavy (non-hydrogen) atoms. The summed E-state index contributed by atoms with van der Waals surface area (Å²) in [6.07, 6.45) is -0.325. The van der Waals surface area contributed by atoms with Crippen molar-refractivity contribution in [2.45, 2.75) is 19.6 Å². The Hall–Kier alpha value is -1.32. The van der Waals surface area contributed by atoms with Gasteiger partial charge in [-0.2, -0.15) is 0 Å². The maximum absolute atomic E-state index is 9.08. The fourth-order valence-electron chi connectivity index (χ4n) is 1.53. The lowest BCUT2D eigenvalue weighted by molar-refractivity contribution is 0.190. The van der Waals surface area contributed by atoms with Crippen LogP contribution >= 0.6 is 0 Å².